The largest absolute Gasteiger partial charge is 0.488 e. The van der Waals surface area contributed by atoms with Crippen molar-refractivity contribution in [1.29, 1.82) is 0 Å². The van der Waals surface area contributed by atoms with Crippen LogP contribution in [-0.4, -0.2) is 6.61 Å². The number of aryl methyl sites for hydroxylation is 2. The molecule has 0 aliphatic carbocycles. The van der Waals surface area contributed by atoms with Gasteiger partial charge in [-0.3, -0.25) is 0 Å². The molecule has 1 rings (SSSR count). The van der Waals surface area contributed by atoms with Crippen molar-refractivity contribution in [3.8, 4) is 5.75 Å². The SMILES string of the molecule is C=C(Br)COc1c(C)cccc1C. The summed E-state index contributed by atoms with van der Waals surface area (Å²) in [5, 5.41) is 0. The molecule has 0 aromatic heterocycles. The summed E-state index contributed by atoms with van der Waals surface area (Å²) in [5.74, 6) is 0.961. The Hall–Kier alpha value is -0.760. The van der Waals surface area contributed by atoms with Gasteiger partial charge in [-0.2, -0.15) is 0 Å². The lowest BCUT2D eigenvalue weighted by Crippen LogP contribution is -1.99. The number of ether oxygens (including phenoxy) is 1. The lowest BCUT2D eigenvalue weighted by Gasteiger charge is -2.10. The van der Waals surface area contributed by atoms with E-state index in [4.69, 9.17) is 4.74 Å². The summed E-state index contributed by atoms with van der Waals surface area (Å²) in [4.78, 5) is 0. The van der Waals surface area contributed by atoms with Gasteiger partial charge in [-0.05, 0) is 25.0 Å². The first-order valence-electron chi connectivity index (χ1n) is 4.13. The number of rotatable bonds is 3. The van der Waals surface area contributed by atoms with Crippen molar-refractivity contribution in [2.75, 3.05) is 6.61 Å². The van der Waals surface area contributed by atoms with E-state index in [2.05, 4.69) is 22.5 Å². The van der Waals surface area contributed by atoms with Crippen LogP contribution in [0.3, 0.4) is 0 Å². The number of hydrogen-bond donors (Lipinski definition) is 0. The van der Waals surface area contributed by atoms with Crippen LogP contribution in [-0.2, 0) is 0 Å². The molecule has 0 saturated carbocycles. The molecule has 1 aromatic carbocycles. The predicted molar refractivity (Wildman–Crippen MR) is 59.5 cm³/mol. The van der Waals surface area contributed by atoms with E-state index in [9.17, 15) is 0 Å². The zero-order chi connectivity index (χ0) is 9.84. The van der Waals surface area contributed by atoms with E-state index in [-0.39, 0.29) is 0 Å². The molecule has 0 fully saturated rings. The van der Waals surface area contributed by atoms with Gasteiger partial charge in [-0.25, -0.2) is 0 Å². The molecule has 0 spiro atoms. The number of benzene rings is 1. The molecule has 2 heteroatoms. The van der Waals surface area contributed by atoms with Gasteiger partial charge in [0.25, 0.3) is 0 Å². The van der Waals surface area contributed by atoms with E-state index in [0.717, 1.165) is 21.4 Å². The van der Waals surface area contributed by atoms with Crippen molar-refractivity contribution in [2.45, 2.75) is 13.8 Å². The van der Waals surface area contributed by atoms with Gasteiger partial charge in [-0.1, -0.05) is 40.7 Å². The molecule has 0 aliphatic heterocycles. The van der Waals surface area contributed by atoms with Crippen molar-refractivity contribution in [3.05, 3.63) is 40.4 Å². The van der Waals surface area contributed by atoms with Crippen LogP contribution in [0.4, 0.5) is 0 Å². The Morgan fingerprint density at radius 2 is 1.92 bits per heavy atom. The van der Waals surface area contributed by atoms with Gasteiger partial charge < -0.3 is 4.74 Å². The zero-order valence-corrected chi connectivity index (χ0v) is 9.52. The van der Waals surface area contributed by atoms with Crippen molar-refractivity contribution in [3.63, 3.8) is 0 Å². The Morgan fingerprint density at radius 1 is 1.38 bits per heavy atom. The molecule has 0 heterocycles. The molecule has 1 nitrogen and oxygen atoms in total. The molecule has 0 radical (unpaired) electrons. The summed E-state index contributed by atoms with van der Waals surface area (Å²) < 4.78 is 6.44. The van der Waals surface area contributed by atoms with Crippen LogP contribution in [0.1, 0.15) is 11.1 Å². The van der Waals surface area contributed by atoms with Crippen LogP contribution >= 0.6 is 15.9 Å². The number of para-hydroxylation sites is 1. The Balaban J connectivity index is 2.81. The quantitative estimate of drug-likeness (QED) is 0.785. The van der Waals surface area contributed by atoms with Crippen molar-refractivity contribution < 1.29 is 4.74 Å². The summed E-state index contributed by atoms with van der Waals surface area (Å²) in [6.07, 6.45) is 0. The summed E-state index contributed by atoms with van der Waals surface area (Å²) >= 11 is 3.26. The van der Waals surface area contributed by atoms with E-state index in [1.165, 1.54) is 0 Å². The summed E-state index contributed by atoms with van der Waals surface area (Å²) in [6, 6.07) is 6.11. The molecule has 0 bridgehead atoms. The van der Waals surface area contributed by atoms with Gasteiger partial charge >= 0.3 is 0 Å². The molecule has 13 heavy (non-hydrogen) atoms. The van der Waals surface area contributed by atoms with Crippen molar-refractivity contribution in [1.82, 2.24) is 0 Å². The van der Waals surface area contributed by atoms with Crippen LogP contribution in [0.2, 0.25) is 0 Å². The topological polar surface area (TPSA) is 9.23 Å². The van der Waals surface area contributed by atoms with E-state index in [1.54, 1.807) is 0 Å². The monoisotopic (exact) mass is 240 g/mol. The molecule has 0 saturated heterocycles. The second kappa shape index (κ2) is 4.47. The molecule has 0 N–H and O–H groups in total. The van der Waals surface area contributed by atoms with E-state index in [0.29, 0.717) is 6.61 Å². The number of hydrogen-bond acceptors (Lipinski definition) is 1. The van der Waals surface area contributed by atoms with Gasteiger partial charge in [0.2, 0.25) is 0 Å². The molecule has 0 atom stereocenters. The lowest BCUT2D eigenvalue weighted by molar-refractivity contribution is 0.356. The third-order valence-electron chi connectivity index (χ3n) is 1.78. The van der Waals surface area contributed by atoms with Crippen LogP contribution in [0.5, 0.6) is 5.75 Å². The smallest absolute Gasteiger partial charge is 0.125 e. The molecular formula is C11H13BrO. The maximum atomic E-state index is 5.58. The fraction of sp³-hybridized carbons (Fsp3) is 0.273. The van der Waals surface area contributed by atoms with Crippen molar-refractivity contribution in [2.24, 2.45) is 0 Å². The molecule has 1 aromatic rings. The van der Waals surface area contributed by atoms with Gasteiger partial charge in [0.15, 0.2) is 0 Å². The standard InChI is InChI=1S/C11H13BrO/c1-8-5-4-6-9(2)11(8)13-7-10(3)12/h4-6H,3,7H2,1-2H3. The van der Waals surface area contributed by atoms with Crippen LogP contribution in [0.25, 0.3) is 0 Å². The highest BCUT2D eigenvalue weighted by molar-refractivity contribution is 9.11. The Bertz CT molecular complexity index is 298. The van der Waals surface area contributed by atoms with E-state index in [1.807, 2.05) is 32.0 Å². The van der Waals surface area contributed by atoms with Gasteiger partial charge in [0, 0.05) is 4.48 Å². The Kier molecular flexibility index (Phi) is 3.55. The van der Waals surface area contributed by atoms with Crippen LogP contribution < -0.4 is 4.74 Å². The highest BCUT2D eigenvalue weighted by Gasteiger charge is 2.02. The number of halogens is 1. The maximum absolute atomic E-state index is 5.58. The minimum absolute atomic E-state index is 0.520. The fourth-order valence-corrected chi connectivity index (χ4v) is 1.29. The summed E-state index contributed by atoms with van der Waals surface area (Å²) in [5.41, 5.74) is 2.32. The van der Waals surface area contributed by atoms with Gasteiger partial charge in [0.1, 0.15) is 12.4 Å². The van der Waals surface area contributed by atoms with Crippen LogP contribution in [0, 0.1) is 13.8 Å². The van der Waals surface area contributed by atoms with Gasteiger partial charge in [0.05, 0.1) is 0 Å². The summed E-state index contributed by atoms with van der Waals surface area (Å²) in [7, 11) is 0. The normalized spacial score (nSPS) is 9.77. The Morgan fingerprint density at radius 3 is 2.38 bits per heavy atom. The third kappa shape index (κ3) is 2.88. The van der Waals surface area contributed by atoms with E-state index < -0.39 is 0 Å². The molecule has 70 valence electrons. The minimum atomic E-state index is 0.520. The Labute approximate surface area is 87.5 Å². The predicted octanol–water partition coefficient (Wildman–Crippen LogP) is 3.59. The molecule has 0 aliphatic rings. The lowest BCUT2D eigenvalue weighted by atomic mass is 10.1. The fourth-order valence-electron chi connectivity index (χ4n) is 1.18. The van der Waals surface area contributed by atoms with Crippen LogP contribution in [0.15, 0.2) is 29.3 Å². The first kappa shape index (κ1) is 10.3. The first-order chi connectivity index (χ1) is 6.11. The second-order valence-corrected chi connectivity index (χ2v) is 4.15. The highest BCUT2D eigenvalue weighted by atomic mass is 79.9. The average molecular weight is 241 g/mol. The van der Waals surface area contributed by atoms with E-state index >= 15 is 0 Å². The van der Waals surface area contributed by atoms with Crippen molar-refractivity contribution >= 4 is 15.9 Å². The van der Waals surface area contributed by atoms with Gasteiger partial charge in [-0.15, -0.1) is 0 Å². The zero-order valence-electron chi connectivity index (χ0n) is 7.93. The summed E-state index contributed by atoms with van der Waals surface area (Å²) in [6.45, 7) is 8.32. The maximum Gasteiger partial charge on any atom is 0.125 e. The third-order valence-corrected chi connectivity index (χ3v) is 2.01. The second-order valence-electron chi connectivity index (χ2n) is 3.03. The first-order valence-corrected chi connectivity index (χ1v) is 4.93. The molecule has 0 amide bonds. The highest BCUT2D eigenvalue weighted by Crippen LogP contribution is 2.23. The average Bonchev–Trinajstić information content (AvgIpc) is 2.03. The molecular weight excluding hydrogens is 228 g/mol. The minimum Gasteiger partial charge on any atom is -0.488 e. The molecule has 0 unspecified atom stereocenters.